The third-order valence-electron chi connectivity index (χ3n) is 4.89. The smallest absolute Gasteiger partial charge is 0.402 e. The van der Waals surface area contributed by atoms with Crippen LogP contribution in [0.15, 0.2) is 4.99 Å². The van der Waals surface area contributed by atoms with Gasteiger partial charge in [-0.15, -0.1) is 0 Å². The van der Waals surface area contributed by atoms with Gasteiger partial charge in [-0.2, -0.15) is 0 Å². The van der Waals surface area contributed by atoms with Gasteiger partial charge in [0.1, 0.15) is 17.9 Å². The maximum atomic E-state index is 13.0. The zero-order valence-corrected chi connectivity index (χ0v) is 15.9. The normalized spacial score (nSPS) is 19.0. The van der Waals surface area contributed by atoms with Crippen molar-refractivity contribution in [1.29, 1.82) is 0 Å². The lowest BCUT2D eigenvalue weighted by atomic mass is 10.1. The van der Waals surface area contributed by atoms with E-state index in [1.165, 1.54) is 12.0 Å². The molecule has 0 saturated carbocycles. The highest BCUT2D eigenvalue weighted by molar-refractivity contribution is 6.21. The molecule has 1 saturated heterocycles. The molecule has 140 valence electrons. The number of urea groups is 1. The standard InChI is InChI=1S/C17H24N5O4/c1-9(2)7-20-10(3)11(4)22-13-14(18-16(20)22)19(5)17(25)21(15(13)24)8-12(23)26-6/h9,13H,7-8H2,1-6H3/q+1. The molecular formula is C17H24N5O4+. The van der Waals surface area contributed by atoms with Gasteiger partial charge in [0.05, 0.1) is 13.7 Å². The van der Waals surface area contributed by atoms with Gasteiger partial charge in [0.25, 0.3) is 5.91 Å². The van der Waals surface area contributed by atoms with Crippen LogP contribution in [0.2, 0.25) is 0 Å². The monoisotopic (exact) mass is 362 g/mol. The summed E-state index contributed by atoms with van der Waals surface area (Å²) in [4.78, 5) is 44.1. The number of likely N-dealkylation sites (N-methyl/N-ethyl adjacent to an activating group) is 1. The number of carbonyl (C=O) groups is 3. The average Bonchev–Trinajstić information content (AvgIpc) is 3.08. The van der Waals surface area contributed by atoms with E-state index in [0.717, 1.165) is 22.8 Å². The molecule has 0 spiro atoms. The van der Waals surface area contributed by atoms with Gasteiger partial charge < -0.3 is 4.74 Å². The third-order valence-corrected chi connectivity index (χ3v) is 4.89. The third kappa shape index (κ3) is 2.49. The molecule has 1 unspecified atom stereocenters. The van der Waals surface area contributed by atoms with Crippen molar-refractivity contribution < 1.29 is 23.7 Å². The van der Waals surface area contributed by atoms with Crippen molar-refractivity contribution >= 4 is 29.7 Å². The maximum absolute atomic E-state index is 13.0. The highest BCUT2D eigenvalue weighted by atomic mass is 16.5. The molecule has 26 heavy (non-hydrogen) atoms. The number of aromatic nitrogens is 2. The predicted molar refractivity (Wildman–Crippen MR) is 92.0 cm³/mol. The fraction of sp³-hybridized carbons (Fsp3) is 0.588. The molecule has 9 heteroatoms. The molecular weight excluding hydrogens is 338 g/mol. The van der Waals surface area contributed by atoms with Crippen LogP contribution >= 0.6 is 0 Å². The van der Waals surface area contributed by atoms with Gasteiger partial charge >= 0.3 is 17.9 Å². The van der Waals surface area contributed by atoms with E-state index in [4.69, 9.17) is 0 Å². The van der Waals surface area contributed by atoms with E-state index in [9.17, 15) is 14.4 Å². The number of hydrogen-bond donors (Lipinski definition) is 0. The molecule has 2 aliphatic rings. The fourth-order valence-electron chi connectivity index (χ4n) is 3.43. The lowest BCUT2D eigenvalue weighted by Crippen LogP contribution is -2.58. The lowest BCUT2D eigenvalue weighted by Gasteiger charge is -2.32. The van der Waals surface area contributed by atoms with Crippen LogP contribution in [-0.2, 0) is 20.9 Å². The van der Waals surface area contributed by atoms with Gasteiger partial charge in [0, 0.05) is 7.05 Å². The summed E-state index contributed by atoms with van der Waals surface area (Å²) in [5, 5.41) is 0. The Kier molecular flexibility index (Phi) is 4.33. The quantitative estimate of drug-likeness (QED) is 0.583. The molecule has 3 amide bonds. The topological polar surface area (TPSA) is 88.1 Å². The number of amides is 3. The van der Waals surface area contributed by atoms with Gasteiger partial charge in [-0.3, -0.25) is 14.5 Å². The molecule has 1 aromatic heterocycles. The van der Waals surface area contributed by atoms with E-state index in [-0.39, 0.29) is 0 Å². The van der Waals surface area contributed by atoms with E-state index in [1.807, 2.05) is 18.4 Å². The van der Waals surface area contributed by atoms with Crippen molar-refractivity contribution in [3.63, 3.8) is 0 Å². The predicted octanol–water partition coefficient (Wildman–Crippen LogP) is 0.700. The number of esters is 1. The molecule has 0 radical (unpaired) electrons. The molecule has 0 aliphatic carbocycles. The zero-order valence-electron chi connectivity index (χ0n) is 15.9. The summed E-state index contributed by atoms with van der Waals surface area (Å²) in [6.07, 6.45) is 0. The number of nitrogens with zero attached hydrogens (tertiary/aromatic N) is 5. The van der Waals surface area contributed by atoms with Crippen LogP contribution in [-0.4, -0.2) is 58.8 Å². The summed E-state index contributed by atoms with van der Waals surface area (Å²) in [7, 11) is 2.78. The van der Waals surface area contributed by atoms with Crippen LogP contribution < -0.4 is 4.57 Å². The van der Waals surface area contributed by atoms with E-state index in [1.54, 1.807) is 7.05 Å². The molecule has 9 nitrogen and oxygen atoms in total. The Morgan fingerprint density at radius 2 is 1.96 bits per heavy atom. The van der Waals surface area contributed by atoms with E-state index in [2.05, 4.69) is 28.1 Å². The largest absolute Gasteiger partial charge is 0.468 e. The second-order valence-corrected chi connectivity index (χ2v) is 7.06. The molecule has 2 aliphatic heterocycles. The minimum atomic E-state index is -0.746. The number of amidine groups is 1. The number of imide groups is 1. The lowest BCUT2D eigenvalue weighted by molar-refractivity contribution is -0.694. The van der Waals surface area contributed by atoms with Crippen LogP contribution in [0.1, 0.15) is 31.3 Å². The summed E-state index contributed by atoms with van der Waals surface area (Å²) < 4.78 is 8.53. The van der Waals surface area contributed by atoms with Crippen molar-refractivity contribution in [2.75, 3.05) is 20.7 Å². The number of fused-ring (bicyclic) bond motifs is 3. The molecule has 0 aromatic carbocycles. The first-order chi connectivity index (χ1) is 12.2. The number of hydrogen-bond acceptors (Lipinski definition) is 5. The Hall–Kier alpha value is -2.71. The van der Waals surface area contributed by atoms with Crippen molar-refractivity contribution in [3.05, 3.63) is 11.4 Å². The number of carbonyl (C=O) groups excluding carboxylic acids is 3. The van der Waals surface area contributed by atoms with Crippen LogP contribution in [0.5, 0.6) is 0 Å². The summed E-state index contributed by atoms with van der Waals surface area (Å²) in [5.41, 5.74) is 1.95. The highest BCUT2D eigenvalue weighted by Gasteiger charge is 2.54. The van der Waals surface area contributed by atoms with Crippen LogP contribution in [0, 0.1) is 19.8 Å². The van der Waals surface area contributed by atoms with E-state index in [0.29, 0.717) is 17.7 Å². The summed E-state index contributed by atoms with van der Waals surface area (Å²) in [5.74, 6) is 0.331. The first-order valence-corrected chi connectivity index (χ1v) is 8.54. The van der Waals surface area contributed by atoms with Gasteiger partial charge in [0.2, 0.25) is 11.9 Å². The average molecular weight is 362 g/mol. The number of methoxy groups -OCH3 is 1. The fourth-order valence-corrected chi connectivity index (χ4v) is 3.43. The SMILES string of the molecule is COC(=O)CN1C(=O)C2C(=Nc3n2c(C)c(C)[n+]3CC(C)C)N(C)C1=O. The van der Waals surface area contributed by atoms with Crippen molar-refractivity contribution in [3.8, 4) is 0 Å². The Morgan fingerprint density at radius 1 is 1.31 bits per heavy atom. The summed E-state index contributed by atoms with van der Waals surface area (Å²) in [6.45, 7) is 8.49. The summed E-state index contributed by atoms with van der Waals surface area (Å²) >= 11 is 0. The molecule has 1 fully saturated rings. The number of rotatable bonds is 4. The second kappa shape index (κ2) is 6.22. The first kappa shape index (κ1) is 18.1. The number of ether oxygens (including phenoxy) is 1. The molecule has 1 aromatic rings. The molecule has 0 bridgehead atoms. The Balaban J connectivity index is 2.09. The van der Waals surface area contributed by atoms with Crippen LogP contribution in [0.3, 0.4) is 0 Å². The highest BCUT2D eigenvalue weighted by Crippen LogP contribution is 2.35. The number of imidazole rings is 1. The first-order valence-electron chi connectivity index (χ1n) is 8.54. The summed E-state index contributed by atoms with van der Waals surface area (Å²) in [6, 6.07) is -1.32. The molecule has 0 N–H and O–H groups in total. The zero-order chi connectivity index (χ0) is 19.3. The minimum Gasteiger partial charge on any atom is -0.468 e. The van der Waals surface area contributed by atoms with Gasteiger partial charge in [0.15, 0.2) is 0 Å². The number of aliphatic imine (C=N–C) groups is 1. The van der Waals surface area contributed by atoms with Gasteiger partial charge in [-0.1, -0.05) is 18.8 Å². The Labute approximate surface area is 151 Å². The Bertz CT molecular complexity index is 839. The van der Waals surface area contributed by atoms with Crippen molar-refractivity contribution in [2.45, 2.75) is 40.3 Å². The molecule has 3 heterocycles. The second-order valence-electron chi connectivity index (χ2n) is 7.06. The van der Waals surface area contributed by atoms with Crippen LogP contribution in [0.4, 0.5) is 10.7 Å². The molecule has 3 rings (SSSR count). The Morgan fingerprint density at radius 3 is 2.54 bits per heavy atom. The maximum Gasteiger partial charge on any atom is 0.402 e. The van der Waals surface area contributed by atoms with E-state index < -0.39 is 30.5 Å². The van der Waals surface area contributed by atoms with Crippen molar-refractivity contribution in [1.82, 2.24) is 14.4 Å². The molecule has 1 atom stereocenters. The van der Waals surface area contributed by atoms with E-state index >= 15 is 0 Å². The van der Waals surface area contributed by atoms with Crippen molar-refractivity contribution in [2.24, 2.45) is 10.9 Å². The van der Waals surface area contributed by atoms with Gasteiger partial charge in [-0.25, -0.2) is 18.8 Å². The minimum absolute atomic E-state index is 0.386. The van der Waals surface area contributed by atoms with Gasteiger partial charge in [-0.05, 0) is 19.8 Å². The van der Waals surface area contributed by atoms with Crippen LogP contribution in [0.25, 0.3) is 0 Å².